The molecule has 1 heterocycles. The van der Waals surface area contributed by atoms with Gasteiger partial charge in [-0.15, -0.1) is 0 Å². The van der Waals surface area contributed by atoms with E-state index in [4.69, 9.17) is 4.74 Å². The highest BCUT2D eigenvalue weighted by Gasteiger charge is 2.40. The van der Waals surface area contributed by atoms with Crippen molar-refractivity contribution in [3.05, 3.63) is 24.0 Å². The second-order valence-electron chi connectivity index (χ2n) is 5.81. The molecule has 2 saturated carbocycles. The molecule has 0 aromatic carbocycles. The van der Waals surface area contributed by atoms with Crippen LogP contribution in [0.4, 0.5) is 0 Å². The van der Waals surface area contributed by atoms with Crippen molar-refractivity contribution in [2.24, 2.45) is 17.8 Å². The Morgan fingerprint density at radius 1 is 1.32 bits per heavy atom. The fraction of sp³-hybridized carbons (Fsp3) is 0.600. The predicted molar refractivity (Wildman–Crippen MR) is 69.6 cm³/mol. The molecule has 0 aliphatic heterocycles. The molecule has 0 spiro atoms. The zero-order valence-corrected chi connectivity index (χ0v) is 10.9. The summed E-state index contributed by atoms with van der Waals surface area (Å²) in [5.74, 6) is 1.65. The molecular weight excluding hydrogens is 242 g/mol. The summed E-state index contributed by atoms with van der Waals surface area (Å²) in [6.07, 6.45) is 7.23. The fourth-order valence-electron chi connectivity index (χ4n) is 3.63. The third-order valence-electron chi connectivity index (χ3n) is 4.58. The third kappa shape index (κ3) is 2.72. The summed E-state index contributed by atoms with van der Waals surface area (Å²) in [6.45, 7) is -0.153. The van der Waals surface area contributed by atoms with E-state index < -0.39 is 0 Å². The van der Waals surface area contributed by atoms with E-state index in [0.29, 0.717) is 18.0 Å². The van der Waals surface area contributed by atoms with Crippen LogP contribution in [0.1, 0.15) is 42.6 Å². The molecule has 0 amide bonds. The number of esters is 1. The first-order chi connectivity index (χ1) is 9.22. The number of fused-ring (bicyclic) bond motifs is 2. The number of hydrogen-bond acceptors (Lipinski definition) is 3. The third-order valence-corrected chi connectivity index (χ3v) is 4.58. The minimum Gasteiger partial charge on any atom is -0.457 e. The van der Waals surface area contributed by atoms with Gasteiger partial charge in [0.1, 0.15) is 0 Å². The van der Waals surface area contributed by atoms with Gasteiger partial charge >= 0.3 is 5.97 Å². The van der Waals surface area contributed by atoms with Crippen LogP contribution in [-0.4, -0.2) is 23.3 Å². The second kappa shape index (κ2) is 5.19. The summed E-state index contributed by atoms with van der Waals surface area (Å²) < 4.78 is 5.09. The Hall–Kier alpha value is -1.58. The summed E-state index contributed by atoms with van der Waals surface area (Å²) >= 11 is 0. The van der Waals surface area contributed by atoms with Crippen molar-refractivity contribution in [3.63, 3.8) is 0 Å². The van der Waals surface area contributed by atoms with Gasteiger partial charge in [0.2, 0.25) is 5.78 Å². The second-order valence-corrected chi connectivity index (χ2v) is 5.81. The Labute approximate surface area is 112 Å². The first kappa shape index (κ1) is 12.5. The molecule has 2 aliphatic rings. The lowest BCUT2D eigenvalue weighted by Gasteiger charge is -2.20. The molecule has 4 nitrogen and oxygen atoms in total. The molecule has 0 radical (unpaired) electrons. The average Bonchev–Trinajstić information content (AvgIpc) is 3.12. The van der Waals surface area contributed by atoms with Crippen molar-refractivity contribution in [1.29, 1.82) is 0 Å². The van der Waals surface area contributed by atoms with Crippen LogP contribution in [0.3, 0.4) is 0 Å². The minimum atomic E-state index is -0.225. The van der Waals surface area contributed by atoms with Gasteiger partial charge in [0.25, 0.3) is 0 Å². The van der Waals surface area contributed by atoms with Crippen molar-refractivity contribution < 1.29 is 14.3 Å². The summed E-state index contributed by atoms with van der Waals surface area (Å²) in [5, 5.41) is 0. The van der Waals surface area contributed by atoms with Crippen LogP contribution in [-0.2, 0) is 9.53 Å². The number of aromatic nitrogens is 1. The number of aromatic amines is 1. The van der Waals surface area contributed by atoms with Gasteiger partial charge in [0, 0.05) is 12.6 Å². The number of hydrogen-bond donors (Lipinski definition) is 1. The quantitative estimate of drug-likeness (QED) is 0.654. The summed E-state index contributed by atoms with van der Waals surface area (Å²) in [5.41, 5.74) is 0.493. The van der Waals surface area contributed by atoms with E-state index in [1.165, 1.54) is 25.7 Å². The summed E-state index contributed by atoms with van der Waals surface area (Å²) in [6, 6.07) is 3.44. The number of carbonyl (C=O) groups is 2. The fourth-order valence-corrected chi connectivity index (χ4v) is 3.63. The Morgan fingerprint density at radius 2 is 2.21 bits per heavy atom. The van der Waals surface area contributed by atoms with E-state index in [1.807, 2.05) is 0 Å². The Morgan fingerprint density at radius 3 is 2.84 bits per heavy atom. The van der Waals surface area contributed by atoms with Crippen LogP contribution >= 0.6 is 0 Å². The van der Waals surface area contributed by atoms with E-state index in [2.05, 4.69) is 4.98 Å². The van der Waals surface area contributed by atoms with Gasteiger partial charge in [-0.2, -0.15) is 0 Å². The number of ether oxygens (including phenoxy) is 1. The van der Waals surface area contributed by atoms with Gasteiger partial charge in [-0.25, -0.2) is 0 Å². The number of nitrogens with one attached hydrogen (secondary N) is 1. The highest BCUT2D eigenvalue weighted by molar-refractivity contribution is 5.96. The van der Waals surface area contributed by atoms with Gasteiger partial charge < -0.3 is 9.72 Å². The van der Waals surface area contributed by atoms with E-state index in [9.17, 15) is 9.59 Å². The normalized spacial score (nSPS) is 28.5. The van der Waals surface area contributed by atoms with Crippen molar-refractivity contribution in [2.45, 2.75) is 32.1 Å². The van der Waals surface area contributed by atoms with Crippen molar-refractivity contribution in [1.82, 2.24) is 4.98 Å². The van der Waals surface area contributed by atoms with E-state index in [0.717, 1.165) is 11.8 Å². The lowest BCUT2D eigenvalue weighted by molar-refractivity contribution is -0.144. The zero-order valence-electron chi connectivity index (χ0n) is 10.9. The van der Waals surface area contributed by atoms with Crippen LogP contribution in [0.15, 0.2) is 18.3 Å². The SMILES string of the molecule is O=C(C[C@@H]1C[C@@H]2CC[C@@H]1C2)OCC(=O)c1ccc[nH]1. The molecule has 0 saturated heterocycles. The first-order valence-corrected chi connectivity index (χ1v) is 7.04. The topological polar surface area (TPSA) is 59.2 Å². The van der Waals surface area contributed by atoms with E-state index >= 15 is 0 Å². The molecule has 102 valence electrons. The minimum absolute atomic E-state index is 0.153. The average molecular weight is 261 g/mol. The number of rotatable bonds is 5. The van der Waals surface area contributed by atoms with Gasteiger partial charge in [-0.1, -0.05) is 6.42 Å². The van der Waals surface area contributed by atoms with Crippen LogP contribution in [0.25, 0.3) is 0 Å². The van der Waals surface area contributed by atoms with E-state index in [-0.39, 0.29) is 18.4 Å². The maximum Gasteiger partial charge on any atom is 0.306 e. The standard InChI is InChI=1S/C15H19NO3/c17-14(13-2-1-5-16-13)9-19-15(18)8-12-7-10-3-4-11(12)6-10/h1-2,5,10-12,16H,3-4,6-9H2/t10-,11-,12+/m1/s1. The van der Waals surface area contributed by atoms with Crippen molar-refractivity contribution >= 4 is 11.8 Å². The summed E-state index contributed by atoms with van der Waals surface area (Å²) in [7, 11) is 0. The van der Waals surface area contributed by atoms with Crippen molar-refractivity contribution in [3.8, 4) is 0 Å². The molecule has 2 aliphatic carbocycles. The van der Waals surface area contributed by atoms with Gasteiger partial charge in [0.15, 0.2) is 6.61 Å². The highest BCUT2D eigenvalue weighted by atomic mass is 16.5. The Balaban J connectivity index is 1.43. The molecule has 1 aromatic heterocycles. The van der Waals surface area contributed by atoms with Gasteiger partial charge in [0.05, 0.1) is 5.69 Å². The van der Waals surface area contributed by atoms with Crippen molar-refractivity contribution in [2.75, 3.05) is 6.61 Å². The predicted octanol–water partition coefficient (Wildman–Crippen LogP) is 2.57. The highest BCUT2D eigenvalue weighted by Crippen LogP contribution is 2.49. The number of Topliss-reactive ketones (excluding diaryl/α,β-unsaturated/α-hetero) is 1. The number of carbonyl (C=O) groups excluding carboxylic acids is 2. The largest absolute Gasteiger partial charge is 0.457 e. The van der Waals surface area contributed by atoms with Crippen LogP contribution in [0, 0.1) is 17.8 Å². The van der Waals surface area contributed by atoms with Crippen LogP contribution < -0.4 is 0 Å². The maximum absolute atomic E-state index is 11.8. The molecule has 1 aromatic rings. The molecule has 2 bridgehead atoms. The van der Waals surface area contributed by atoms with E-state index in [1.54, 1.807) is 18.3 Å². The lowest BCUT2D eigenvalue weighted by Crippen LogP contribution is -2.19. The molecule has 0 unspecified atom stereocenters. The zero-order chi connectivity index (χ0) is 13.2. The first-order valence-electron chi connectivity index (χ1n) is 7.04. The van der Waals surface area contributed by atoms with Gasteiger partial charge in [-0.05, 0) is 49.1 Å². The van der Waals surface area contributed by atoms with Gasteiger partial charge in [-0.3, -0.25) is 9.59 Å². The summed E-state index contributed by atoms with van der Waals surface area (Å²) in [4.78, 5) is 26.2. The molecule has 3 rings (SSSR count). The molecular formula is C15H19NO3. The lowest BCUT2D eigenvalue weighted by atomic mass is 9.86. The van der Waals surface area contributed by atoms with Crippen LogP contribution in [0.2, 0.25) is 0 Å². The number of H-pyrrole nitrogens is 1. The number of ketones is 1. The Kier molecular flexibility index (Phi) is 3.40. The smallest absolute Gasteiger partial charge is 0.306 e. The Bertz CT molecular complexity index is 466. The maximum atomic E-state index is 11.8. The molecule has 2 fully saturated rings. The molecule has 1 N–H and O–H groups in total. The monoisotopic (exact) mass is 261 g/mol. The van der Waals surface area contributed by atoms with Crippen LogP contribution in [0.5, 0.6) is 0 Å². The molecule has 19 heavy (non-hydrogen) atoms. The molecule has 3 atom stereocenters. The molecule has 4 heteroatoms.